The lowest BCUT2D eigenvalue weighted by Gasteiger charge is -2.37. The van der Waals surface area contributed by atoms with E-state index in [2.05, 4.69) is 34.5 Å². The van der Waals surface area contributed by atoms with Crippen molar-refractivity contribution in [3.63, 3.8) is 0 Å². The SMILES string of the molecule is O=C1CN(CCC(c2ccccc2)c2ccccc2)[C@H]2CS(=O)(=O)C[C@@H]2N1. The molecule has 2 aromatic rings. The van der Waals surface area contributed by atoms with Crippen molar-refractivity contribution in [2.45, 2.75) is 24.4 Å². The molecule has 2 saturated heterocycles. The van der Waals surface area contributed by atoms with Crippen LogP contribution in [0.3, 0.4) is 0 Å². The van der Waals surface area contributed by atoms with Gasteiger partial charge in [-0.3, -0.25) is 9.69 Å². The lowest BCUT2D eigenvalue weighted by molar-refractivity contribution is -0.126. The Bertz CT molecular complexity index is 860. The number of carbonyl (C=O) groups is 1. The van der Waals surface area contributed by atoms with Gasteiger partial charge in [-0.1, -0.05) is 60.7 Å². The van der Waals surface area contributed by atoms with Crippen molar-refractivity contribution in [1.82, 2.24) is 10.2 Å². The molecule has 2 aliphatic rings. The van der Waals surface area contributed by atoms with E-state index in [0.29, 0.717) is 6.54 Å². The van der Waals surface area contributed by atoms with Gasteiger partial charge in [-0.25, -0.2) is 8.42 Å². The summed E-state index contributed by atoms with van der Waals surface area (Å²) in [6.07, 6.45) is 0.838. The zero-order valence-corrected chi connectivity index (χ0v) is 15.9. The summed E-state index contributed by atoms with van der Waals surface area (Å²) in [4.78, 5) is 14.1. The van der Waals surface area contributed by atoms with Crippen molar-refractivity contribution in [3.8, 4) is 0 Å². The number of fused-ring (bicyclic) bond motifs is 1. The van der Waals surface area contributed by atoms with Crippen LogP contribution in [0.25, 0.3) is 0 Å². The highest BCUT2D eigenvalue weighted by Gasteiger charge is 2.45. The van der Waals surface area contributed by atoms with Gasteiger partial charge in [0.1, 0.15) is 0 Å². The molecule has 5 nitrogen and oxygen atoms in total. The third-order valence-electron chi connectivity index (χ3n) is 5.59. The molecule has 2 aliphatic heterocycles. The number of sulfone groups is 1. The van der Waals surface area contributed by atoms with Crippen LogP contribution in [0.1, 0.15) is 23.5 Å². The molecule has 2 heterocycles. The predicted octanol–water partition coefficient (Wildman–Crippen LogP) is 1.81. The van der Waals surface area contributed by atoms with Crippen LogP contribution in [-0.4, -0.2) is 55.9 Å². The average Bonchev–Trinajstić information content (AvgIpc) is 2.97. The number of nitrogens with zero attached hydrogens (tertiary/aromatic N) is 1. The number of nitrogens with one attached hydrogen (secondary N) is 1. The lowest BCUT2D eigenvalue weighted by atomic mass is 9.88. The fourth-order valence-corrected chi connectivity index (χ4v) is 6.27. The highest BCUT2D eigenvalue weighted by atomic mass is 32.2. The van der Waals surface area contributed by atoms with E-state index in [9.17, 15) is 13.2 Å². The van der Waals surface area contributed by atoms with E-state index in [4.69, 9.17) is 0 Å². The maximum atomic E-state index is 12.1. The van der Waals surface area contributed by atoms with E-state index < -0.39 is 9.84 Å². The standard InChI is InChI=1S/C21H24N2O3S/c24-21-13-23(20-15-27(25,26)14-19(20)22-21)12-11-18(16-7-3-1-4-8-16)17-9-5-2-6-10-17/h1-10,18-20H,11-15H2,(H,22,24)/t19-,20-/m0/s1. The van der Waals surface area contributed by atoms with Gasteiger partial charge in [-0.2, -0.15) is 0 Å². The summed E-state index contributed by atoms with van der Waals surface area (Å²) in [5.74, 6) is 0.332. The van der Waals surface area contributed by atoms with E-state index >= 15 is 0 Å². The highest BCUT2D eigenvalue weighted by molar-refractivity contribution is 7.91. The van der Waals surface area contributed by atoms with Crippen LogP contribution in [0.15, 0.2) is 60.7 Å². The van der Waals surface area contributed by atoms with E-state index in [0.717, 1.165) is 6.42 Å². The van der Waals surface area contributed by atoms with Gasteiger partial charge in [0.2, 0.25) is 5.91 Å². The summed E-state index contributed by atoms with van der Waals surface area (Å²) in [5, 5.41) is 2.86. The zero-order chi connectivity index (χ0) is 18.9. The second-order valence-electron chi connectivity index (χ2n) is 7.45. The van der Waals surface area contributed by atoms with Crippen molar-refractivity contribution in [2.24, 2.45) is 0 Å². The molecule has 1 N–H and O–H groups in total. The van der Waals surface area contributed by atoms with Crippen LogP contribution in [0.2, 0.25) is 0 Å². The number of carbonyl (C=O) groups excluding carboxylic acids is 1. The van der Waals surface area contributed by atoms with Crippen LogP contribution in [-0.2, 0) is 14.6 Å². The first-order valence-corrected chi connectivity index (χ1v) is 11.2. The summed E-state index contributed by atoms with van der Waals surface area (Å²) in [6, 6.07) is 20.3. The molecule has 0 aliphatic carbocycles. The maximum Gasteiger partial charge on any atom is 0.234 e. The lowest BCUT2D eigenvalue weighted by Crippen LogP contribution is -2.60. The molecule has 0 spiro atoms. The molecule has 0 saturated carbocycles. The van der Waals surface area contributed by atoms with Crippen molar-refractivity contribution < 1.29 is 13.2 Å². The average molecular weight is 385 g/mol. The van der Waals surface area contributed by atoms with Gasteiger partial charge in [0.15, 0.2) is 9.84 Å². The summed E-state index contributed by atoms with van der Waals surface area (Å²) in [5.41, 5.74) is 2.47. The summed E-state index contributed by atoms with van der Waals surface area (Å²) < 4.78 is 24.1. The van der Waals surface area contributed by atoms with Gasteiger partial charge < -0.3 is 5.32 Å². The number of amides is 1. The molecule has 0 radical (unpaired) electrons. The van der Waals surface area contributed by atoms with E-state index in [1.54, 1.807) is 0 Å². The van der Waals surface area contributed by atoms with Crippen molar-refractivity contribution in [2.75, 3.05) is 24.6 Å². The quantitative estimate of drug-likeness (QED) is 0.854. The molecule has 4 rings (SSSR count). The van der Waals surface area contributed by atoms with Gasteiger partial charge in [0.25, 0.3) is 0 Å². The van der Waals surface area contributed by atoms with Gasteiger partial charge >= 0.3 is 0 Å². The largest absolute Gasteiger partial charge is 0.350 e. The maximum absolute atomic E-state index is 12.1. The van der Waals surface area contributed by atoms with Crippen molar-refractivity contribution in [3.05, 3.63) is 71.8 Å². The first-order valence-electron chi connectivity index (χ1n) is 9.35. The van der Waals surface area contributed by atoms with Crippen LogP contribution in [0.5, 0.6) is 0 Å². The van der Waals surface area contributed by atoms with E-state index in [1.165, 1.54) is 11.1 Å². The number of hydrogen-bond donors (Lipinski definition) is 1. The normalized spacial score (nSPS) is 24.6. The third-order valence-corrected chi connectivity index (χ3v) is 7.31. The molecule has 6 heteroatoms. The molecular weight excluding hydrogens is 360 g/mol. The molecule has 142 valence electrons. The van der Waals surface area contributed by atoms with Crippen LogP contribution >= 0.6 is 0 Å². The first kappa shape index (κ1) is 18.2. The van der Waals surface area contributed by atoms with Gasteiger partial charge in [0, 0.05) is 12.0 Å². The van der Waals surface area contributed by atoms with E-state index in [-0.39, 0.29) is 42.0 Å². The molecule has 2 fully saturated rings. The molecule has 0 bridgehead atoms. The zero-order valence-electron chi connectivity index (χ0n) is 15.1. The molecular formula is C21H24N2O3S. The Hall–Kier alpha value is -2.18. The molecule has 2 atom stereocenters. The minimum absolute atomic E-state index is 0.0563. The number of hydrogen-bond acceptors (Lipinski definition) is 4. The van der Waals surface area contributed by atoms with Crippen LogP contribution in [0, 0.1) is 0 Å². The van der Waals surface area contributed by atoms with Gasteiger partial charge in [0.05, 0.1) is 24.1 Å². The Morgan fingerprint density at radius 2 is 1.56 bits per heavy atom. The Morgan fingerprint density at radius 3 is 2.15 bits per heavy atom. The summed E-state index contributed by atoms with van der Waals surface area (Å²) >= 11 is 0. The fraction of sp³-hybridized carbons (Fsp3) is 0.381. The smallest absolute Gasteiger partial charge is 0.234 e. The predicted molar refractivity (Wildman–Crippen MR) is 105 cm³/mol. The molecule has 2 aromatic carbocycles. The Kier molecular flexibility index (Phi) is 5.02. The van der Waals surface area contributed by atoms with Gasteiger partial charge in [-0.15, -0.1) is 0 Å². The molecule has 0 unspecified atom stereocenters. The minimum atomic E-state index is -3.08. The van der Waals surface area contributed by atoms with E-state index in [1.807, 2.05) is 36.4 Å². The Labute approximate surface area is 160 Å². The number of rotatable bonds is 5. The molecule has 1 amide bonds. The number of benzene rings is 2. The fourth-order valence-electron chi connectivity index (χ4n) is 4.32. The second kappa shape index (κ2) is 7.44. The van der Waals surface area contributed by atoms with Crippen LogP contribution < -0.4 is 5.32 Å². The van der Waals surface area contributed by atoms with Crippen molar-refractivity contribution in [1.29, 1.82) is 0 Å². The number of piperazine rings is 1. The second-order valence-corrected chi connectivity index (χ2v) is 9.61. The first-order chi connectivity index (χ1) is 13.0. The monoisotopic (exact) mass is 384 g/mol. The molecule has 0 aromatic heterocycles. The minimum Gasteiger partial charge on any atom is -0.350 e. The summed E-state index contributed by atoms with van der Waals surface area (Å²) in [6.45, 7) is 0.964. The Balaban J connectivity index is 1.54. The molecule has 27 heavy (non-hydrogen) atoms. The topological polar surface area (TPSA) is 66.5 Å². The summed E-state index contributed by atoms with van der Waals surface area (Å²) in [7, 11) is -3.08. The third kappa shape index (κ3) is 4.06. The highest BCUT2D eigenvalue weighted by Crippen LogP contribution is 2.30. The van der Waals surface area contributed by atoms with Crippen molar-refractivity contribution >= 4 is 15.7 Å². The van der Waals surface area contributed by atoms with Gasteiger partial charge in [-0.05, 0) is 24.1 Å². The Morgan fingerprint density at radius 1 is 0.963 bits per heavy atom. The van der Waals surface area contributed by atoms with Crippen LogP contribution in [0.4, 0.5) is 0 Å².